The van der Waals surface area contributed by atoms with E-state index >= 15 is 0 Å². The molecule has 0 spiro atoms. The quantitative estimate of drug-likeness (QED) is 0.902. The van der Waals surface area contributed by atoms with Gasteiger partial charge in [0.1, 0.15) is 12.4 Å². The molecule has 0 aliphatic carbocycles. The van der Waals surface area contributed by atoms with E-state index in [1.165, 1.54) is 0 Å². The van der Waals surface area contributed by atoms with Crippen molar-refractivity contribution in [2.45, 2.75) is 12.8 Å². The number of carboxylic acids is 1. The number of benzene rings is 1. The summed E-state index contributed by atoms with van der Waals surface area (Å²) < 4.78 is 5.61. The molecule has 1 aliphatic heterocycles. The molecule has 5 heteroatoms. The van der Waals surface area contributed by atoms with E-state index in [0.717, 1.165) is 31.7 Å². The van der Waals surface area contributed by atoms with Crippen molar-refractivity contribution in [1.82, 2.24) is 4.90 Å². The van der Waals surface area contributed by atoms with Crippen LogP contribution in [0.3, 0.4) is 0 Å². The minimum atomic E-state index is -0.691. The van der Waals surface area contributed by atoms with Gasteiger partial charge in [-0.05, 0) is 43.7 Å². The number of carboxylic acid groups (broad SMARTS) is 1. The minimum Gasteiger partial charge on any atom is -0.492 e. The molecule has 1 heterocycles. The zero-order chi connectivity index (χ0) is 13.7. The Hall–Kier alpha value is -1.26. The molecule has 0 unspecified atom stereocenters. The molecule has 1 fully saturated rings. The summed E-state index contributed by atoms with van der Waals surface area (Å²) in [7, 11) is 0. The number of rotatable bonds is 5. The average molecular weight is 284 g/mol. The standard InChI is InChI=1S/C14H18ClNO3/c15-12-3-5-13(6-4-12)19-9-8-16-7-1-2-11(10-16)14(17)18/h3-6,11H,1-2,7-10H2,(H,17,18)/t11-/m0/s1. The molecule has 1 N–H and O–H groups in total. The Bertz CT molecular complexity index is 421. The first-order valence-corrected chi connectivity index (χ1v) is 6.86. The maximum Gasteiger partial charge on any atom is 0.307 e. The Balaban J connectivity index is 1.73. The van der Waals surface area contributed by atoms with Crippen molar-refractivity contribution in [3.63, 3.8) is 0 Å². The van der Waals surface area contributed by atoms with E-state index in [-0.39, 0.29) is 5.92 Å². The second-order valence-corrected chi connectivity index (χ2v) is 5.22. The van der Waals surface area contributed by atoms with Crippen LogP contribution in [0.2, 0.25) is 5.02 Å². The zero-order valence-corrected chi connectivity index (χ0v) is 11.5. The number of hydrogen-bond donors (Lipinski definition) is 1. The molecule has 104 valence electrons. The fourth-order valence-corrected chi connectivity index (χ4v) is 2.41. The highest BCUT2D eigenvalue weighted by atomic mass is 35.5. The smallest absolute Gasteiger partial charge is 0.307 e. The Morgan fingerprint density at radius 1 is 1.42 bits per heavy atom. The lowest BCUT2D eigenvalue weighted by molar-refractivity contribution is -0.143. The predicted molar refractivity (Wildman–Crippen MR) is 73.7 cm³/mol. The van der Waals surface area contributed by atoms with E-state index in [4.69, 9.17) is 21.4 Å². The van der Waals surface area contributed by atoms with Crippen LogP contribution in [0.4, 0.5) is 0 Å². The number of hydrogen-bond acceptors (Lipinski definition) is 3. The van der Waals surface area contributed by atoms with Gasteiger partial charge >= 0.3 is 5.97 Å². The molecule has 0 bridgehead atoms. The molecule has 1 aromatic rings. The number of piperidine rings is 1. The van der Waals surface area contributed by atoms with Crippen LogP contribution in [0.25, 0.3) is 0 Å². The van der Waals surface area contributed by atoms with E-state index in [1.807, 2.05) is 12.1 Å². The second-order valence-electron chi connectivity index (χ2n) is 4.78. The lowest BCUT2D eigenvalue weighted by Crippen LogP contribution is -2.40. The highest BCUT2D eigenvalue weighted by molar-refractivity contribution is 6.30. The molecule has 1 aromatic carbocycles. The molecular formula is C14H18ClNO3. The summed E-state index contributed by atoms with van der Waals surface area (Å²) in [6.45, 7) is 2.90. The molecule has 0 amide bonds. The number of aliphatic carboxylic acids is 1. The molecule has 1 atom stereocenters. The number of halogens is 1. The first-order valence-electron chi connectivity index (χ1n) is 6.48. The van der Waals surface area contributed by atoms with Gasteiger partial charge in [-0.2, -0.15) is 0 Å². The van der Waals surface area contributed by atoms with Gasteiger partial charge in [0.25, 0.3) is 0 Å². The number of nitrogens with zero attached hydrogens (tertiary/aromatic N) is 1. The summed E-state index contributed by atoms with van der Waals surface area (Å²) in [5.74, 6) is -0.135. The maximum atomic E-state index is 11.0. The van der Waals surface area contributed by atoms with Gasteiger partial charge in [-0.1, -0.05) is 11.6 Å². The average Bonchev–Trinajstić information content (AvgIpc) is 2.41. The summed E-state index contributed by atoms with van der Waals surface area (Å²) in [5.41, 5.74) is 0. The number of carbonyl (C=O) groups is 1. The monoisotopic (exact) mass is 283 g/mol. The maximum absolute atomic E-state index is 11.0. The van der Waals surface area contributed by atoms with Crippen LogP contribution in [0.5, 0.6) is 5.75 Å². The van der Waals surface area contributed by atoms with E-state index in [0.29, 0.717) is 18.2 Å². The minimum absolute atomic E-state index is 0.232. The Morgan fingerprint density at radius 2 is 2.16 bits per heavy atom. The van der Waals surface area contributed by atoms with E-state index < -0.39 is 5.97 Å². The fourth-order valence-electron chi connectivity index (χ4n) is 2.28. The topological polar surface area (TPSA) is 49.8 Å². The summed E-state index contributed by atoms with van der Waals surface area (Å²) in [4.78, 5) is 13.1. The second kappa shape index (κ2) is 6.78. The lowest BCUT2D eigenvalue weighted by atomic mass is 9.98. The van der Waals surface area contributed by atoms with Crippen LogP contribution in [-0.4, -0.2) is 42.2 Å². The molecule has 0 aromatic heterocycles. The van der Waals surface area contributed by atoms with Crippen molar-refractivity contribution in [1.29, 1.82) is 0 Å². The van der Waals surface area contributed by atoms with Crippen LogP contribution in [0.15, 0.2) is 24.3 Å². The van der Waals surface area contributed by atoms with Gasteiger partial charge in [-0.3, -0.25) is 9.69 Å². The van der Waals surface area contributed by atoms with E-state index in [2.05, 4.69) is 4.90 Å². The fraction of sp³-hybridized carbons (Fsp3) is 0.500. The number of ether oxygens (including phenoxy) is 1. The van der Waals surface area contributed by atoms with Crippen molar-refractivity contribution in [2.75, 3.05) is 26.2 Å². The van der Waals surface area contributed by atoms with Crippen molar-refractivity contribution < 1.29 is 14.6 Å². The van der Waals surface area contributed by atoms with E-state index in [1.54, 1.807) is 12.1 Å². The zero-order valence-electron chi connectivity index (χ0n) is 10.7. The van der Waals surface area contributed by atoms with Crippen molar-refractivity contribution in [3.8, 4) is 5.75 Å². The van der Waals surface area contributed by atoms with Gasteiger partial charge in [0.2, 0.25) is 0 Å². The van der Waals surface area contributed by atoms with Gasteiger partial charge in [0.05, 0.1) is 5.92 Å². The van der Waals surface area contributed by atoms with Crippen LogP contribution < -0.4 is 4.74 Å². The Labute approximate surface area is 117 Å². The lowest BCUT2D eigenvalue weighted by Gasteiger charge is -2.30. The van der Waals surface area contributed by atoms with Crippen molar-refractivity contribution in [3.05, 3.63) is 29.3 Å². The molecular weight excluding hydrogens is 266 g/mol. The first-order chi connectivity index (χ1) is 9.15. The third kappa shape index (κ3) is 4.40. The van der Waals surface area contributed by atoms with Crippen LogP contribution in [0, 0.1) is 5.92 Å². The molecule has 2 rings (SSSR count). The normalized spacial score (nSPS) is 20.2. The van der Waals surface area contributed by atoms with E-state index in [9.17, 15) is 4.79 Å². The van der Waals surface area contributed by atoms with Crippen LogP contribution in [0.1, 0.15) is 12.8 Å². The number of likely N-dealkylation sites (tertiary alicyclic amines) is 1. The molecule has 1 aliphatic rings. The molecule has 19 heavy (non-hydrogen) atoms. The van der Waals surface area contributed by atoms with Gasteiger partial charge < -0.3 is 9.84 Å². The molecule has 0 saturated carbocycles. The third-order valence-electron chi connectivity index (χ3n) is 3.34. The van der Waals surface area contributed by atoms with Crippen molar-refractivity contribution >= 4 is 17.6 Å². The van der Waals surface area contributed by atoms with Crippen LogP contribution >= 0.6 is 11.6 Å². The highest BCUT2D eigenvalue weighted by Crippen LogP contribution is 2.17. The van der Waals surface area contributed by atoms with Gasteiger partial charge in [0.15, 0.2) is 0 Å². The SMILES string of the molecule is O=C(O)[C@H]1CCCN(CCOc2ccc(Cl)cc2)C1. The molecule has 4 nitrogen and oxygen atoms in total. The summed E-state index contributed by atoms with van der Waals surface area (Å²) >= 11 is 5.79. The largest absolute Gasteiger partial charge is 0.492 e. The summed E-state index contributed by atoms with van der Waals surface area (Å²) in [5, 5.41) is 9.70. The van der Waals surface area contributed by atoms with Gasteiger partial charge in [-0.25, -0.2) is 0 Å². The van der Waals surface area contributed by atoms with Crippen LogP contribution in [-0.2, 0) is 4.79 Å². The Morgan fingerprint density at radius 3 is 2.84 bits per heavy atom. The van der Waals surface area contributed by atoms with Gasteiger partial charge in [0, 0.05) is 18.1 Å². The predicted octanol–water partition coefficient (Wildman–Crippen LogP) is 2.52. The first kappa shape index (κ1) is 14.2. The third-order valence-corrected chi connectivity index (χ3v) is 3.60. The summed E-state index contributed by atoms with van der Waals surface area (Å²) in [6.07, 6.45) is 1.72. The molecule has 0 radical (unpaired) electrons. The van der Waals surface area contributed by atoms with Gasteiger partial charge in [-0.15, -0.1) is 0 Å². The molecule has 1 saturated heterocycles. The Kier molecular flexibility index (Phi) is 5.05. The highest BCUT2D eigenvalue weighted by Gasteiger charge is 2.24. The summed E-state index contributed by atoms with van der Waals surface area (Å²) in [6, 6.07) is 7.24. The van der Waals surface area contributed by atoms with Crippen molar-refractivity contribution in [2.24, 2.45) is 5.92 Å².